The summed E-state index contributed by atoms with van der Waals surface area (Å²) in [7, 11) is 0. The maximum atomic E-state index is 11.8. The Bertz CT molecular complexity index is 570. The molecule has 2 aromatic carbocycles. The van der Waals surface area contributed by atoms with Crippen LogP contribution in [0.1, 0.15) is 5.56 Å². The van der Waals surface area contributed by atoms with Gasteiger partial charge in [-0.15, -0.1) is 0 Å². The molecule has 98 valence electrons. The summed E-state index contributed by atoms with van der Waals surface area (Å²) in [6, 6.07) is 15.1. The molecule has 0 aliphatic heterocycles. The monoisotopic (exact) mass is 274 g/mol. The molecule has 2 aromatic rings. The zero-order valence-electron chi connectivity index (χ0n) is 10.6. The average Bonchev–Trinajstić information content (AvgIpc) is 2.42. The predicted octanol–water partition coefficient (Wildman–Crippen LogP) is 3.70. The molecule has 0 aliphatic carbocycles. The van der Waals surface area contributed by atoms with E-state index in [1.165, 1.54) is 0 Å². The van der Waals surface area contributed by atoms with Gasteiger partial charge < -0.3 is 10.6 Å². The van der Waals surface area contributed by atoms with Crippen LogP contribution in [0.4, 0.5) is 11.4 Å². The molecule has 0 heterocycles. The van der Waals surface area contributed by atoms with Crippen molar-refractivity contribution in [3.05, 3.63) is 59.1 Å². The van der Waals surface area contributed by atoms with Crippen LogP contribution in [0.2, 0.25) is 5.02 Å². The standard InChI is InChI=1S/C15H15ClN2O/c1-11-7-8-13(16)14(9-11)18-15(19)10-17-12-5-3-2-4-6-12/h2-9,17H,10H2,1H3,(H,18,19). The zero-order valence-corrected chi connectivity index (χ0v) is 11.4. The van der Waals surface area contributed by atoms with Gasteiger partial charge in [-0.25, -0.2) is 0 Å². The van der Waals surface area contributed by atoms with Crippen LogP contribution in [-0.4, -0.2) is 12.5 Å². The Morgan fingerprint density at radius 2 is 1.89 bits per heavy atom. The summed E-state index contributed by atoms with van der Waals surface area (Å²) >= 11 is 6.02. The highest BCUT2D eigenvalue weighted by molar-refractivity contribution is 6.33. The SMILES string of the molecule is Cc1ccc(Cl)c(NC(=O)CNc2ccccc2)c1. The number of hydrogen-bond acceptors (Lipinski definition) is 2. The average molecular weight is 275 g/mol. The lowest BCUT2D eigenvalue weighted by molar-refractivity contribution is -0.114. The smallest absolute Gasteiger partial charge is 0.243 e. The van der Waals surface area contributed by atoms with Crippen molar-refractivity contribution in [2.75, 3.05) is 17.2 Å². The second kappa shape index (κ2) is 6.25. The molecule has 2 N–H and O–H groups in total. The number of anilines is 2. The predicted molar refractivity (Wildman–Crippen MR) is 79.8 cm³/mol. The van der Waals surface area contributed by atoms with Gasteiger partial charge in [-0.1, -0.05) is 35.9 Å². The minimum atomic E-state index is -0.128. The van der Waals surface area contributed by atoms with E-state index in [-0.39, 0.29) is 12.5 Å². The number of halogens is 1. The van der Waals surface area contributed by atoms with Crippen LogP contribution in [0.25, 0.3) is 0 Å². The molecule has 0 saturated carbocycles. The van der Waals surface area contributed by atoms with Gasteiger partial charge in [-0.3, -0.25) is 4.79 Å². The maximum Gasteiger partial charge on any atom is 0.243 e. The Morgan fingerprint density at radius 1 is 1.16 bits per heavy atom. The second-order valence-electron chi connectivity index (χ2n) is 4.25. The third kappa shape index (κ3) is 4.00. The first-order valence-electron chi connectivity index (χ1n) is 6.00. The van der Waals surface area contributed by atoms with E-state index in [2.05, 4.69) is 10.6 Å². The Morgan fingerprint density at radius 3 is 2.63 bits per heavy atom. The maximum absolute atomic E-state index is 11.8. The number of para-hydroxylation sites is 1. The molecule has 4 heteroatoms. The molecule has 0 aliphatic rings. The highest BCUT2D eigenvalue weighted by Gasteiger charge is 2.05. The van der Waals surface area contributed by atoms with E-state index in [1.54, 1.807) is 6.07 Å². The van der Waals surface area contributed by atoms with Gasteiger partial charge in [-0.2, -0.15) is 0 Å². The van der Waals surface area contributed by atoms with Gasteiger partial charge in [0.05, 0.1) is 17.3 Å². The first kappa shape index (κ1) is 13.4. The summed E-state index contributed by atoms with van der Waals surface area (Å²) in [5, 5.41) is 6.37. The van der Waals surface area contributed by atoms with Gasteiger partial charge >= 0.3 is 0 Å². The lowest BCUT2D eigenvalue weighted by atomic mass is 10.2. The molecule has 0 unspecified atom stereocenters. The molecule has 0 spiro atoms. The minimum Gasteiger partial charge on any atom is -0.376 e. The molecule has 3 nitrogen and oxygen atoms in total. The quantitative estimate of drug-likeness (QED) is 0.893. The van der Waals surface area contributed by atoms with Gasteiger partial charge in [0.1, 0.15) is 0 Å². The molecular weight excluding hydrogens is 260 g/mol. The van der Waals surface area contributed by atoms with Crippen molar-refractivity contribution in [2.45, 2.75) is 6.92 Å². The third-order valence-electron chi connectivity index (χ3n) is 2.62. The number of hydrogen-bond donors (Lipinski definition) is 2. The fourth-order valence-corrected chi connectivity index (χ4v) is 1.83. The molecule has 0 bridgehead atoms. The van der Waals surface area contributed by atoms with Gasteiger partial charge in [-0.05, 0) is 36.8 Å². The summed E-state index contributed by atoms with van der Waals surface area (Å²) in [6.45, 7) is 2.16. The molecule has 1 amide bonds. The Labute approximate surface area is 117 Å². The van der Waals surface area contributed by atoms with Crippen molar-refractivity contribution in [1.29, 1.82) is 0 Å². The van der Waals surface area contributed by atoms with E-state index in [0.29, 0.717) is 10.7 Å². The van der Waals surface area contributed by atoms with Crippen LogP contribution in [0.15, 0.2) is 48.5 Å². The van der Waals surface area contributed by atoms with Crippen LogP contribution in [0.3, 0.4) is 0 Å². The number of rotatable bonds is 4. The molecule has 19 heavy (non-hydrogen) atoms. The van der Waals surface area contributed by atoms with Crippen molar-refractivity contribution >= 4 is 28.9 Å². The summed E-state index contributed by atoms with van der Waals surface area (Å²) in [5.41, 5.74) is 2.60. The normalized spacial score (nSPS) is 10.0. The molecular formula is C15H15ClN2O. The van der Waals surface area contributed by atoms with Crippen LogP contribution in [0.5, 0.6) is 0 Å². The summed E-state index contributed by atoms with van der Waals surface area (Å²) in [5.74, 6) is -0.128. The van der Waals surface area contributed by atoms with Crippen molar-refractivity contribution < 1.29 is 4.79 Å². The van der Waals surface area contributed by atoms with E-state index in [1.807, 2.05) is 49.4 Å². The van der Waals surface area contributed by atoms with Crippen molar-refractivity contribution in [3.63, 3.8) is 0 Å². The van der Waals surface area contributed by atoms with Crippen LogP contribution >= 0.6 is 11.6 Å². The number of amides is 1. The van der Waals surface area contributed by atoms with E-state index >= 15 is 0 Å². The van der Waals surface area contributed by atoms with Crippen LogP contribution in [-0.2, 0) is 4.79 Å². The van der Waals surface area contributed by atoms with Crippen LogP contribution in [0, 0.1) is 6.92 Å². The molecule has 0 atom stereocenters. The van der Waals surface area contributed by atoms with E-state index in [0.717, 1.165) is 11.3 Å². The summed E-state index contributed by atoms with van der Waals surface area (Å²) < 4.78 is 0. The van der Waals surface area contributed by atoms with Crippen molar-refractivity contribution in [3.8, 4) is 0 Å². The summed E-state index contributed by atoms with van der Waals surface area (Å²) in [6.07, 6.45) is 0. The third-order valence-corrected chi connectivity index (χ3v) is 2.95. The Kier molecular flexibility index (Phi) is 4.42. The second-order valence-corrected chi connectivity index (χ2v) is 4.66. The zero-order chi connectivity index (χ0) is 13.7. The van der Waals surface area contributed by atoms with E-state index < -0.39 is 0 Å². The topological polar surface area (TPSA) is 41.1 Å². The fraction of sp³-hybridized carbons (Fsp3) is 0.133. The molecule has 0 aromatic heterocycles. The lowest BCUT2D eigenvalue weighted by Crippen LogP contribution is -2.21. The largest absolute Gasteiger partial charge is 0.376 e. The first-order chi connectivity index (χ1) is 9.15. The highest BCUT2D eigenvalue weighted by Crippen LogP contribution is 2.22. The Balaban J connectivity index is 1.93. The van der Waals surface area contributed by atoms with Gasteiger partial charge in [0.15, 0.2) is 0 Å². The minimum absolute atomic E-state index is 0.128. The number of benzene rings is 2. The number of carbonyl (C=O) groups is 1. The van der Waals surface area contributed by atoms with Gasteiger partial charge in [0, 0.05) is 5.69 Å². The van der Waals surface area contributed by atoms with Gasteiger partial charge in [0.25, 0.3) is 0 Å². The Hall–Kier alpha value is -2.00. The lowest BCUT2D eigenvalue weighted by Gasteiger charge is -2.09. The number of carbonyl (C=O) groups excluding carboxylic acids is 1. The number of nitrogens with one attached hydrogen (secondary N) is 2. The fourth-order valence-electron chi connectivity index (χ4n) is 1.67. The van der Waals surface area contributed by atoms with E-state index in [4.69, 9.17) is 11.6 Å². The molecule has 2 rings (SSSR count). The van der Waals surface area contributed by atoms with Crippen molar-refractivity contribution in [2.24, 2.45) is 0 Å². The van der Waals surface area contributed by atoms with Gasteiger partial charge in [0.2, 0.25) is 5.91 Å². The summed E-state index contributed by atoms with van der Waals surface area (Å²) in [4.78, 5) is 11.8. The molecule has 0 saturated heterocycles. The number of aryl methyl sites for hydroxylation is 1. The first-order valence-corrected chi connectivity index (χ1v) is 6.38. The molecule has 0 radical (unpaired) electrons. The van der Waals surface area contributed by atoms with E-state index in [9.17, 15) is 4.79 Å². The van der Waals surface area contributed by atoms with Crippen LogP contribution < -0.4 is 10.6 Å². The van der Waals surface area contributed by atoms with Crippen molar-refractivity contribution in [1.82, 2.24) is 0 Å². The highest BCUT2D eigenvalue weighted by atomic mass is 35.5. The molecule has 0 fully saturated rings.